The maximum absolute atomic E-state index is 11.4. The Morgan fingerprint density at radius 2 is 2.44 bits per heavy atom. The fourth-order valence-electron chi connectivity index (χ4n) is 1.38. The summed E-state index contributed by atoms with van der Waals surface area (Å²) in [5.74, 6) is 1.59. The highest BCUT2D eigenvalue weighted by Gasteiger charge is 2.05. The highest BCUT2D eigenvalue weighted by atomic mass is 16.5. The summed E-state index contributed by atoms with van der Waals surface area (Å²) in [4.78, 5) is 11.4. The molecule has 0 bridgehead atoms. The van der Waals surface area contributed by atoms with Gasteiger partial charge in [0.05, 0.1) is 6.26 Å². The summed E-state index contributed by atoms with van der Waals surface area (Å²) in [5.41, 5.74) is 0. The zero-order chi connectivity index (χ0) is 12.8. The minimum atomic E-state index is -0.206. The second-order valence-corrected chi connectivity index (χ2v) is 3.74. The lowest BCUT2D eigenvalue weighted by molar-refractivity contribution is -0.123. The summed E-state index contributed by atoms with van der Waals surface area (Å²) >= 11 is 0. The summed E-state index contributed by atoms with van der Waals surface area (Å²) in [5, 5.41) is 6.33. The molecule has 0 saturated carbocycles. The van der Waals surface area contributed by atoms with Crippen molar-refractivity contribution in [2.24, 2.45) is 0 Å². The average Bonchev–Trinajstić information content (AvgIpc) is 2.98. The number of furan rings is 1. The number of aromatic nitrogens is 1. The first-order chi connectivity index (χ1) is 8.74. The van der Waals surface area contributed by atoms with E-state index in [2.05, 4.69) is 10.5 Å². The van der Waals surface area contributed by atoms with Gasteiger partial charge < -0.3 is 19.0 Å². The fraction of sp³-hybridized carbons (Fsp3) is 0.333. The molecule has 1 N–H and O–H groups in total. The summed E-state index contributed by atoms with van der Waals surface area (Å²) < 4.78 is 15.1. The molecule has 2 rings (SSSR count). The Kier molecular flexibility index (Phi) is 4.01. The van der Waals surface area contributed by atoms with E-state index in [4.69, 9.17) is 13.7 Å². The Labute approximate surface area is 104 Å². The van der Waals surface area contributed by atoms with Gasteiger partial charge in [0.25, 0.3) is 11.8 Å². The molecular weight excluding hydrogens is 236 g/mol. The van der Waals surface area contributed by atoms with Crippen LogP contribution in [0, 0.1) is 6.92 Å². The molecule has 6 heteroatoms. The molecule has 0 aromatic carbocycles. The second kappa shape index (κ2) is 5.90. The van der Waals surface area contributed by atoms with Gasteiger partial charge in [-0.3, -0.25) is 4.79 Å². The first-order valence-electron chi connectivity index (χ1n) is 5.59. The number of hydrogen-bond acceptors (Lipinski definition) is 5. The van der Waals surface area contributed by atoms with E-state index in [1.54, 1.807) is 19.3 Å². The zero-order valence-electron chi connectivity index (χ0n) is 10.0. The highest BCUT2D eigenvalue weighted by molar-refractivity contribution is 5.77. The Morgan fingerprint density at radius 1 is 1.56 bits per heavy atom. The Hall–Kier alpha value is -2.24. The van der Waals surface area contributed by atoms with E-state index in [-0.39, 0.29) is 12.5 Å². The zero-order valence-corrected chi connectivity index (χ0v) is 10.0. The average molecular weight is 250 g/mol. The van der Waals surface area contributed by atoms with Crippen LogP contribution in [-0.4, -0.2) is 24.2 Å². The van der Waals surface area contributed by atoms with Crippen LogP contribution in [0.5, 0.6) is 5.88 Å². The molecule has 0 fully saturated rings. The Morgan fingerprint density at radius 3 is 3.11 bits per heavy atom. The molecule has 18 heavy (non-hydrogen) atoms. The van der Waals surface area contributed by atoms with Gasteiger partial charge >= 0.3 is 0 Å². The van der Waals surface area contributed by atoms with Gasteiger partial charge in [-0.15, -0.1) is 0 Å². The van der Waals surface area contributed by atoms with Crippen molar-refractivity contribution >= 4 is 5.91 Å². The molecule has 6 nitrogen and oxygen atoms in total. The quantitative estimate of drug-likeness (QED) is 0.836. The summed E-state index contributed by atoms with van der Waals surface area (Å²) in [6.07, 6.45) is 2.26. The van der Waals surface area contributed by atoms with Crippen molar-refractivity contribution in [1.29, 1.82) is 0 Å². The van der Waals surface area contributed by atoms with Crippen molar-refractivity contribution < 1.29 is 18.5 Å². The van der Waals surface area contributed by atoms with Crippen LogP contribution < -0.4 is 10.1 Å². The van der Waals surface area contributed by atoms with Crippen LogP contribution >= 0.6 is 0 Å². The third kappa shape index (κ3) is 3.65. The van der Waals surface area contributed by atoms with Crippen molar-refractivity contribution in [2.75, 3.05) is 13.2 Å². The van der Waals surface area contributed by atoms with Crippen molar-refractivity contribution in [3.63, 3.8) is 0 Å². The van der Waals surface area contributed by atoms with Crippen LogP contribution in [0.1, 0.15) is 11.5 Å². The van der Waals surface area contributed by atoms with E-state index in [0.717, 1.165) is 5.76 Å². The minimum absolute atomic E-state index is 0.0792. The molecule has 0 unspecified atom stereocenters. The third-order valence-electron chi connectivity index (χ3n) is 2.23. The van der Waals surface area contributed by atoms with Crippen molar-refractivity contribution in [2.45, 2.75) is 13.3 Å². The molecule has 0 saturated heterocycles. The van der Waals surface area contributed by atoms with Gasteiger partial charge in [-0.05, 0) is 24.2 Å². The molecule has 0 aliphatic carbocycles. The van der Waals surface area contributed by atoms with Crippen LogP contribution in [0.25, 0.3) is 0 Å². The summed E-state index contributed by atoms with van der Waals surface area (Å²) in [6, 6.07) is 5.30. The van der Waals surface area contributed by atoms with Gasteiger partial charge in [-0.25, -0.2) is 0 Å². The van der Waals surface area contributed by atoms with E-state index >= 15 is 0 Å². The van der Waals surface area contributed by atoms with Crippen molar-refractivity contribution in [3.05, 3.63) is 36.0 Å². The molecule has 0 spiro atoms. The lowest BCUT2D eigenvalue weighted by atomic mass is 10.3. The number of carbonyl (C=O) groups is 1. The molecule has 0 aliphatic rings. The minimum Gasteiger partial charge on any atom is -0.469 e. The van der Waals surface area contributed by atoms with E-state index < -0.39 is 0 Å². The van der Waals surface area contributed by atoms with Crippen LogP contribution in [0.15, 0.2) is 33.4 Å². The summed E-state index contributed by atoms with van der Waals surface area (Å²) in [6.45, 7) is 2.18. The van der Waals surface area contributed by atoms with Crippen molar-refractivity contribution in [3.8, 4) is 5.88 Å². The molecular formula is C12H14N2O4. The molecule has 96 valence electrons. The number of hydrogen-bond donors (Lipinski definition) is 1. The smallest absolute Gasteiger partial charge is 0.258 e. The van der Waals surface area contributed by atoms with E-state index in [1.807, 2.05) is 12.1 Å². The third-order valence-corrected chi connectivity index (χ3v) is 2.23. The molecule has 2 aromatic rings. The van der Waals surface area contributed by atoms with Crippen LogP contribution in [0.2, 0.25) is 0 Å². The van der Waals surface area contributed by atoms with E-state index in [0.29, 0.717) is 24.6 Å². The van der Waals surface area contributed by atoms with E-state index in [9.17, 15) is 4.79 Å². The predicted octanol–water partition coefficient (Wildman–Crippen LogP) is 1.31. The number of aryl methyl sites for hydroxylation is 1. The molecule has 0 atom stereocenters. The molecule has 1 amide bonds. The molecule has 2 aromatic heterocycles. The van der Waals surface area contributed by atoms with Gasteiger partial charge in [0, 0.05) is 19.0 Å². The van der Waals surface area contributed by atoms with Gasteiger partial charge in [-0.2, -0.15) is 0 Å². The Balaban J connectivity index is 1.63. The second-order valence-electron chi connectivity index (χ2n) is 3.74. The highest BCUT2D eigenvalue weighted by Crippen LogP contribution is 2.09. The lowest BCUT2D eigenvalue weighted by Crippen LogP contribution is -2.30. The van der Waals surface area contributed by atoms with Crippen LogP contribution in [0.3, 0.4) is 0 Å². The Bertz CT molecular complexity index is 490. The number of nitrogens with zero attached hydrogens (tertiary/aromatic N) is 1. The maximum atomic E-state index is 11.4. The SMILES string of the molecule is Cc1cc(OCC(=O)NCCc2ccco2)no1. The number of ether oxygens (including phenoxy) is 1. The van der Waals surface area contributed by atoms with Crippen molar-refractivity contribution in [1.82, 2.24) is 10.5 Å². The number of nitrogens with one attached hydrogen (secondary N) is 1. The molecule has 0 radical (unpaired) electrons. The van der Waals surface area contributed by atoms with Gasteiger partial charge in [-0.1, -0.05) is 0 Å². The summed E-state index contributed by atoms with van der Waals surface area (Å²) in [7, 11) is 0. The first kappa shape index (κ1) is 12.2. The molecule has 2 heterocycles. The lowest BCUT2D eigenvalue weighted by Gasteiger charge is -2.03. The fourth-order valence-corrected chi connectivity index (χ4v) is 1.38. The topological polar surface area (TPSA) is 77.5 Å². The predicted molar refractivity (Wildman–Crippen MR) is 62.2 cm³/mol. The molecule has 0 aliphatic heterocycles. The number of amides is 1. The van der Waals surface area contributed by atoms with E-state index in [1.165, 1.54) is 0 Å². The number of carbonyl (C=O) groups excluding carboxylic acids is 1. The monoisotopic (exact) mass is 250 g/mol. The standard InChI is InChI=1S/C12H14N2O4/c1-9-7-12(14-18-9)17-8-11(15)13-5-4-10-3-2-6-16-10/h2-3,6-7H,4-5,8H2,1H3,(H,13,15). The maximum Gasteiger partial charge on any atom is 0.258 e. The van der Waals surface area contributed by atoms with Crippen LogP contribution in [0.4, 0.5) is 0 Å². The van der Waals surface area contributed by atoms with Gasteiger partial charge in [0.2, 0.25) is 0 Å². The van der Waals surface area contributed by atoms with Gasteiger partial charge in [0.1, 0.15) is 11.5 Å². The normalized spacial score (nSPS) is 10.3. The van der Waals surface area contributed by atoms with Gasteiger partial charge in [0.15, 0.2) is 6.61 Å². The number of rotatable bonds is 6. The first-order valence-corrected chi connectivity index (χ1v) is 5.59. The van der Waals surface area contributed by atoms with Crippen LogP contribution in [-0.2, 0) is 11.2 Å². The largest absolute Gasteiger partial charge is 0.469 e.